The summed E-state index contributed by atoms with van der Waals surface area (Å²) in [6.07, 6.45) is 3.61. The van der Waals surface area contributed by atoms with Gasteiger partial charge in [0.1, 0.15) is 11.5 Å². The Bertz CT molecular complexity index is 540. The van der Waals surface area contributed by atoms with Crippen LogP contribution in [0.3, 0.4) is 0 Å². The Labute approximate surface area is 134 Å². The number of hydrogen-bond donors (Lipinski definition) is 1. The molecule has 114 valence electrons. The van der Waals surface area contributed by atoms with Crippen molar-refractivity contribution in [2.24, 2.45) is 0 Å². The van der Waals surface area contributed by atoms with E-state index in [0.29, 0.717) is 6.04 Å². The Kier molecular flexibility index (Phi) is 6.33. The largest absolute Gasteiger partial charge is 0.493 e. The third kappa shape index (κ3) is 5.21. The molecule has 1 heterocycles. The van der Waals surface area contributed by atoms with E-state index >= 15 is 0 Å². The first-order valence-electron chi connectivity index (χ1n) is 7.36. The Morgan fingerprint density at radius 2 is 2.19 bits per heavy atom. The minimum Gasteiger partial charge on any atom is -0.493 e. The van der Waals surface area contributed by atoms with Crippen molar-refractivity contribution in [3.63, 3.8) is 0 Å². The zero-order valence-corrected chi connectivity index (χ0v) is 14.2. The van der Waals surface area contributed by atoms with E-state index < -0.39 is 0 Å². The van der Waals surface area contributed by atoms with Gasteiger partial charge >= 0.3 is 0 Å². The molecule has 4 heteroatoms. The molecule has 2 rings (SSSR count). The van der Waals surface area contributed by atoms with Gasteiger partial charge in [-0.15, -0.1) is 0 Å². The van der Waals surface area contributed by atoms with E-state index in [9.17, 15) is 0 Å². The molecule has 0 bridgehead atoms. The van der Waals surface area contributed by atoms with Crippen molar-refractivity contribution in [3.05, 3.63) is 52.4 Å². The van der Waals surface area contributed by atoms with Crippen molar-refractivity contribution in [1.29, 1.82) is 0 Å². The van der Waals surface area contributed by atoms with Gasteiger partial charge in [-0.3, -0.25) is 0 Å². The fourth-order valence-electron chi connectivity index (χ4n) is 2.13. The lowest BCUT2D eigenvalue weighted by Crippen LogP contribution is -2.27. The maximum absolute atomic E-state index is 5.80. The van der Waals surface area contributed by atoms with Crippen molar-refractivity contribution in [2.45, 2.75) is 39.3 Å². The van der Waals surface area contributed by atoms with E-state index in [1.807, 2.05) is 24.3 Å². The van der Waals surface area contributed by atoms with Gasteiger partial charge in [0, 0.05) is 29.0 Å². The van der Waals surface area contributed by atoms with Gasteiger partial charge in [-0.2, -0.15) is 0 Å². The molecule has 0 aliphatic rings. The van der Waals surface area contributed by atoms with E-state index in [0.717, 1.165) is 42.0 Å². The van der Waals surface area contributed by atoms with Crippen LogP contribution in [0.15, 0.2) is 45.5 Å². The summed E-state index contributed by atoms with van der Waals surface area (Å²) in [4.78, 5) is 0. The Morgan fingerprint density at radius 1 is 1.33 bits per heavy atom. The van der Waals surface area contributed by atoms with Crippen LogP contribution in [0.25, 0.3) is 0 Å². The monoisotopic (exact) mass is 351 g/mol. The second kappa shape index (κ2) is 8.25. The summed E-state index contributed by atoms with van der Waals surface area (Å²) in [6.45, 7) is 5.80. The molecule has 0 aliphatic heterocycles. The lowest BCUT2D eigenvalue weighted by Gasteiger charge is -2.16. The minimum atomic E-state index is 0.342. The third-order valence-electron chi connectivity index (χ3n) is 3.21. The summed E-state index contributed by atoms with van der Waals surface area (Å²) in [7, 11) is 0. The predicted octanol–water partition coefficient (Wildman–Crippen LogP) is 4.55. The van der Waals surface area contributed by atoms with Crippen LogP contribution >= 0.6 is 15.9 Å². The quantitative estimate of drug-likeness (QED) is 0.757. The SMILES string of the molecule is CCCOc1ccc(Br)cc1CNC(C)Cc1ccco1. The van der Waals surface area contributed by atoms with E-state index in [1.54, 1.807) is 6.26 Å². The number of hydrogen-bond acceptors (Lipinski definition) is 3. The average molecular weight is 352 g/mol. The van der Waals surface area contributed by atoms with E-state index in [2.05, 4.69) is 41.2 Å². The molecule has 1 atom stereocenters. The highest BCUT2D eigenvalue weighted by Gasteiger charge is 2.09. The van der Waals surface area contributed by atoms with Crippen LogP contribution in [-0.2, 0) is 13.0 Å². The Morgan fingerprint density at radius 3 is 2.90 bits per heavy atom. The summed E-state index contributed by atoms with van der Waals surface area (Å²) in [6, 6.07) is 10.4. The minimum absolute atomic E-state index is 0.342. The maximum Gasteiger partial charge on any atom is 0.123 e. The van der Waals surface area contributed by atoms with Crippen molar-refractivity contribution in [3.8, 4) is 5.75 Å². The van der Waals surface area contributed by atoms with Gasteiger partial charge in [-0.25, -0.2) is 0 Å². The van der Waals surface area contributed by atoms with Crippen molar-refractivity contribution >= 4 is 15.9 Å². The lowest BCUT2D eigenvalue weighted by atomic mass is 10.1. The Hall–Kier alpha value is -1.26. The molecule has 0 saturated heterocycles. The molecule has 0 aliphatic carbocycles. The number of ether oxygens (including phenoxy) is 1. The van der Waals surface area contributed by atoms with Crippen LogP contribution in [0, 0.1) is 0 Å². The first kappa shape index (κ1) is 16.1. The van der Waals surface area contributed by atoms with E-state index in [1.165, 1.54) is 5.56 Å². The molecule has 1 aromatic carbocycles. The zero-order valence-electron chi connectivity index (χ0n) is 12.6. The number of halogens is 1. The molecule has 1 unspecified atom stereocenters. The molecule has 2 aromatic rings. The van der Waals surface area contributed by atoms with Gasteiger partial charge in [0.05, 0.1) is 12.9 Å². The highest BCUT2D eigenvalue weighted by Crippen LogP contribution is 2.23. The second-order valence-corrected chi connectivity index (χ2v) is 6.08. The molecule has 0 fully saturated rings. The fourth-order valence-corrected chi connectivity index (χ4v) is 2.53. The summed E-state index contributed by atoms with van der Waals surface area (Å²) in [5.41, 5.74) is 1.17. The number of furan rings is 1. The van der Waals surface area contributed by atoms with Crippen LogP contribution in [0.4, 0.5) is 0 Å². The lowest BCUT2D eigenvalue weighted by molar-refractivity contribution is 0.312. The number of rotatable bonds is 8. The van der Waals surface area contributed by atoms with Gasteiger partial charge in [0.15, 0.2) is 0 Å². The van der Waals surface area contributed by atoms with Crippen LogP contribution in [0.1, 0.15) is 31.6 Å². The van der Waals surface area contributed by atoms with Crippen molar-refractivity contribution < 1.29 is 9.15 Å². The average Bonchev–Trinajstić information content (AvgIpc) is 2.97. The van der Waals surface area contributed by atoms with Crippen molar-refractivity contribution in [2.75, 3.05) is 6.61 Å². The van der Waals surface area contributed by atoms with Gasteiger partial charge in [0.2, 0.25) is 0 Å². The summed E-state index contributed by atoms with van der Waals surface area (Å²) in [5, 5.41) is 3.52. The highest BCUT2D eigenvalue weighted by molar-refractivity contribution is 9.10. The van der Waals surface area contributed by atoms with E-state index in [4.69, 9.17) is 9.15 Å². The number of nitrogens with one attached hydrogen (secondary N) is 1. The van der Waals surface area contributed by atoms with Crippen LogP contribution in [-0.4, -0.2) is 12.6 Å². The predicted molar refractivity (Wildman–Crippen MR) is 88.6 cm³/mol. The smallest absolute Gasteiger partial charge is 0.123 e. The van der Waals surface area contributed by atoms with Gasteiger partial charge in [0.25, 0.3) is 0 Å². The van der Waals surface area contributed by atoms with Gasteiger partial charge in [-0.1, -0.05) is 22.9 Å². The van der Waals surface area contributed by atoms with Crippen LogP contribution in [0.5, 0.6) is 5.75 Å². The molecule has 0 amide bonds. The first-order valence-corrected chi connectivity index (χ1v) is 8.15. The van der Waals surface area contributed by atoms with Gasteiger partial charge in [-0.05, 0) is 43.7 Å². The normalized spacial score (nSPS) is 12.3. The van der Waals surface area contributed by atoms with Crippen molar-refractivity contribution in [1.82, 2.24) is 5.32 Å². The summed E-state index contributed by atoms with van der Waals surface area (Å²) in [5.74, 6) is 1.96. The molecule has 3 nitrogen and oxygen atoms in total. The Balaban J connectivity index is 1.93. The second-order valence-electron chi connectivity index (χ2n) is 5.17. The first-order chi connectivity index (χ1) is 10.2. The van der Waals surface area contributed by atoms with Gasteiger partial charge < -0.3 is 14.5 Å². The topological polar surface area (TPSA) is 34.4 Å². The molecule has 1 aromatic heterocycles. The summed E-state index contributed by atoms with van der Waals surface area (Å²) < 4.78 is 12.3. The standard InChI is InChI=1S/C17H22BrNO2/c1-3-8-21-17-7-6-15(18)11-14(17)12-19-13(2)10-16-5-4-9-20-16/h4-7,9,11,13,19H,3,8,10,12H2,1-2H3. The maximum atomic E-state index is 5.80. The third-order valence-corrected chi connectivity index (χ3v) is 3.71. The molecular weight excluding hydrogens is 330 g/mol. The van der Waals surface area contributed by atoms with Crippen LogP contribution in [0.2, 0.25) is 0 Å². The molecule has 1 N–H and O–H groups in total. The highest BCUT2D eigenvalue weighted by atomic mass is 79.9. The fraction of sp³-hybridized carbons (Fsp3) is 0.412. The molecule has 21 heavy (non-hydrogen) atoms. The molecule has 0 radical (unpaired) electrons. The number of benzene rings is 1. The zero-order chi connectivity index (χ0) is 15.1. The summed E-state index contributed by atoms with van der Waals surface area (Å²) >= 11 is 3.52. The molecule has 0 saturated carbocycles. The van der Waals surface area contributed by atoms with E-state index in [-0.39, 0.29) is 0 Å². The molecule has 0 spiro atoms. The van der Waals surface area contributed by atoms with Crippen LogP contribution < -0.4 is 10.1 Å². The molecular formula is C17H22BrNO2.